The van der Waals surface area contributed by atoms with Gasteiger partial charge in [-0.3, -0.25) is 4.90 Å². The van der Waals surface area contributed by atoms with E-state index in [-0.39, 0.29) is 6.67 Å². The fourth-order valence-electron chi connectivity index (χ4n) is 1.87. The van der Waals surface area contributed by atoms with Crippen LogP contribution in [0, 0.1) is 6.92 Å². The molecule has 0 aliphatic carbocycles. The predicted molar refractivity (Wildman–Crippen MR) is 77.9 cm³/mol. The second-order valence-electron chi connectivity index (χ2n) is 4.01. The number of methoxy groups -OCH3 is 2. The summed E-state index contributed by atoms with van der Waals surface area (Å²) in [7, 11) is 5.16. The standard InChI is InChI=1S/C13H20FNO2.C2H6/c1-10-12(16-3)6-5-11(13(10)17-4)9-15(2)8-7-14;1-2/h5-6H,7-9H2,1-4H3;1-2H3. The van der Waals surface area contributed by atoms with Crippen molar-refractivity contribution in [3.05, 3.63) is 23.3 Å². The molecular weight excluding hydrogens is 245 g/mol. The van der Waals surface area contributed by atoms with Gasteiger partial charge in [0.25, 0.3) is 0 Å². The van der Waals surface area contributed by atoms with Crippen LogP contribution in [0.2, 0.25) is 0 Å². The highest BCUT2D eigenvalue weighted by atomic mass is 19.1. The summed E-state index contributed by atoms with van der Waals surface area (Å²) in [6.07, 6.45) is 0. The second kappa shape index (κ2) is 9.62. The van der Waals surface area contributed by atoms with Crippen molar-refractivity contribution in [2.45, 2.75) is 27.3 Å². The summed E-state index contributed by atoms with van der Waals surface area (Å²) in [6.45, 7) is 6.70. The Labute approximate surface area is 116 Å². The molecule has 0 bridgehead atoms. The van der Waals surface area contributed by atoms with E-state index in [9.17, 15) is 4.39 Å². The average Bonchev–Trinajstić information content (AvgIpc) is 2.42. The van der Waals surface area contributed by atoms with Crippen LogP contribution in [0.15, 0.2) is 12.1 Å². The first-order chi connectivity index (χ1) is 9.13. The lowest BCUT2D eigenvalue weighted by Gasteiger charge is -2.19. The molecule has 0 saturated heterocycles. The van der Waals surface area contributed by atoms with E-state index < -0.39 is 0 Å². The van der Waals surface area contributed by atoms with Crippen LogP contribution in [0.25, 0.3) is 0 Å². The van der Waals surface area contributed by atoms with Crippen molar-refractivity contribution in [2.75, 3.05) is 34.5 Å². The number of benzene rings is 1. The molecule has 0 fully saturated rings. The second-order valence-corrected chi connectivity index (χ2v) is 4.01. The molecule has 1 aromatic carbocycles. The minimum Gasteiger partial charge on any atom is -0.496 e. The van der Waals surface area contributed by atoms with Crippen molar-refractivity contribution in [2.24, 2.45) is 0 Å². The molecule has 0 spiro atoms. The molecule has 0 saturated carbocycles. The molecule has 3 nitrogen and oxygen atoms in total. The van der Waals surface area contributed by atoms with Gasteiger partial charge in [-0.15, -0.1) is 0 Å². The maximum Gasteiger partial charge on any atom is 0.129 e. The van der Waals surface area contributed by atoms with E-state index in [4.69, 9.17) is 9.47 Å². The van der Waals surface area contributed by atoms with Crippen molar-refractivity contribution in [3.63, 3.8) is 0 Å². The lowest BCUT2D eigenvalue weighted by Crippen LogP contribution is -2.20. The summed E-state index contributed by atoms with van der Waals surface area (Å²) in [4.78, 5) is 1.92. The molecule has 1 aromatic rings. The third-order valence-electron chi connectivity index (χ3n) is 2.77. The number of rotatable bonds is 6. The molecule has 4 heteroatoms. The smallest absolute Gasteiger partial charge is 0.129 e. The zero-order chi connectivity index (χ0) is 14.8. The van der Waals surface area contributed by atoms with Crippen LogP contribution in [0.4, 0.5) is 4.39 Å². The van der Waals surface area contributed by atoms with Crippen LogP contribution in [-0.4, -0.2) is 39.4 Å². The van der Waals surface area contributed by atoms with Gasteiger partial charge in [0.2, 0.25) is 0 Å². The third-order valence-corrected chi connectivity index (χ3v) is 2.77. The molecule has 0 unspecified atom stereocenters. The summed E-state index contributed by atoms with van der Waals surface area (Å²) < 4.78 is 22.9. The molecule has 0 aromatic heterocycles. The number of alkyl halides is 1. The largest absolute Gasteiger partial charge is 0.496 e. The molecular formula is C15H26FNO2. The van der Waals surface area contributed by atoms with Crippen LogP contribution in [-0.2, 0) is 6.54 Å². The topological polar surface area (TPSA) is 21.7 Å². The minimum absolute atomic E-state index is 0.339. The van der Waals surface area contributed by atoms with Crippen LogP contribution >= 0.6 is 0 Å². The van der Waals surface area contributed by atoms with Gasteiger partial charge in [-0.05, 0) is 20.0 Å². The van der Waals surface area contributed by atoms with Crippen LogP contribution in [0.3, 0.4) is 0 Å². The van der Waals surface area contributed by atoms with Gasteiger partial charge in [0.15, 0.2) is 0 Å². The summed E-state index contributed by atoms with van der Waals surface area (Å²) in [5.74, 6) is 1.62. The Morgan fingerprint density at radius 3 is 2.26 bits per heavy atom. The summed E-state index contributed by atoms with van der Waals surface area (Å²) in [5.41, 5.74) is 2.02. The van der Waals surface area contributed by atoms with Crippen molar-refractivity contribution >= 4 is 0 Å². The number of hydrogen-bond acceptors (Lipinski definition) is 3. The molecule has 0 atom stereocenters. The molecule has 19 heavy (non-hydrogen) atoms. The fourth-order valence-corrected chi connectivity index (χ4v) is 1.87. The SMILES string of the molecule is CC.COc1ccc(CN(C)CCF)c(OC)c1C. The third kappa shape index (κ3) is 5.07. The lowest BCUT2D eigenvalue weighted by atomic mass is 10.1. The molecule has 0 amide bonds. The zero-order valence-corrected chi connectivity index (χ0v) is 12.9. The highest BCUT2D eigenvalue weighted by Gasteiger charge is 2.12. The fraction of sp³-hybridized carbons (Fsp3) is 0.600. The molecule has 0 radical (unpaired) electrons. The minimum atomic E-state index is -0.339. The van der Waals surface area contributed by atoms with E-state index in [1.54, 1.807) is 14.2 Å². The van der Waals surface area contributed by atoms with E-state index in [1.807, 2.05) is 44.9 Å². The van der Waals surface area contributed by atoms with Crippen LogP contribution in [0.5, 0.6) is 11.5 Å². The average molecular weight is 271 g/mol. The molecule has 1 rings (SSSR count). The molecule has 0 heterocycles. The summed E-state index contributed by atoms with van der Waals surface area (Å²) >= 11 is 0. The highest BCUT2D eigenvalue weighted by Crippen LogP contribution is 2.31. The van der Waals surface area contributed by atoms with Gasteiger partial charge < -0.3 is 9.47 Å². The zero-order valence-electron chi connectivity index (χ0n) is 12.9. The van der Waals surface area contributed by atoms with Crippen LogP contribution in [0.1, 0.15) is 25.0 Å². The Hall–Kier alpha value is -1.29. The van der Waals surface area contributed by atoms with Crippen LogP contribution < -0.4 is 9.47 Å². The van der Waals surface area contributed by atoms with E-state index in [1.165, 1.54) is 0 Å². The Morgan fingerprint density at radius 1 is 1.16 bits per heavy atom. The quantitative estimate of drug-likeness (QED) is 0.791. The summed E-state index contributed by atoms with van der Waals surface area (Å²) in [5, 5.41) is 0. The van der Waals surface area contributed by atoms with E-state index in [0.717, 1.165) is 22.6 Å². The van der Waals surface area contributed by atoms with Gasteiger partial charge in [-0.1, -0.05) is 19.9 Å². The van der Waals surface area contributed by atoms with Crippen molar-refractivity contribution in [1.82, 2.24) is 4.90 Å². The molecule has 0 aliphatic rings. The van der Waals surface area contributed by atoms with Crippen molar-refractivity contribution in [3.8, 4) is 11.5 Å². The Kier molecular flexibility index (Phi) is 8.96. The molecule has 0 N–H and O–H groups in total. The van der Waals surface area contributed by atoms with Gasteiger partial charge >= 0.3 is 0 Å². The van der Waals surface area contributed by atoms with E-state index in [2.05, 4.69) is 0 Å². The Morgan fingerprint density at radius 2 is 1.79 bits per heavy atom. The van der Waals surface area contributed by atoms with Gasteiger partial charge in [0.05, 0.1) is 14.2 Å². The maximum absolute atomic E-state index is 12.2. The Bertz CT molecular complexity index is 369. The monoisotopic (exact) mass is 271 g/mol. The molecule has 110 valence electrons. The highest BCUT2D eigenvalue weighted by molar-refractivity contribution is 5.49. The normalized spacial score (nSPS) is 9.89. The van der Waals surface area contributed by atoms with Crippen molar-refractivity contribution in [1.29, 1.82) is 0 Å². The van der Waals surface area contributed by atoms with E-state index >= 15 is 0 Å². The van der Waals surface area contributed by atoms with Gasteiger partial charge in [-0.25, -0.2) is 4.39 Å². The lowest BCUT2D eigenvalue weighted by molar-refractivity contribution is 0.283. The predicted octanol–water partition coefficient (Wildman–Crippen LogP) is 3.44. The number of hydrogen-bond donors (Lipinski definition) is 0. The van der Waals surface area contributed by atoms with Gasteiger partial charge in [0.1, 0.15) is 18.2 Å². The first-order valence-electron chi connectivity index (χ1n) is 6.59. The maximum atomic E-state index is 12.2. The Balaban J connectivity index is 0.00000154. The first kappa shape index (κ1) is 17.7. The number of nitrogens with zero attached hydrogens (tertiary/aromatic N) is 1. The number of ether oxygens (including phenoxy) is 2. The van der Waals surface area contributed by atoms with Crippen molar-refractivity contribution < 1.29 is 13.9 Å². The van der Waals surface area contributed by atoms with Gasteiger partial charge in [0, 0.05) is 24.2 Å². The molecule has 0 aliphatic heterocycles. The van der Waals surface area contributed by atoms with E-state index in [0.29, 0.717) is 13.1 Å². The van der Waals surface area contributed by atoms with Gasteiger partial charge in [-0.2, -0.15) is 0 Å². The number of halogens is 1. The first-order valence-corrected chi connectivity index (χ1v) is 6.59. The summed E-state index contributed by atoms with van der Waals surface area (Å²) in [6, 6.07) is 3.87.